The highest BCUT2D eigenvalue weighted by molar-refractivity contribution is 5.85. The molecule has 0 aromatic rings. The van der Waals surface area contributed by atoms with Gasteiger partial charge in [-0.2, -0.15) is 0 Å². The van der Waals surface area contributed by atoms with Gasteiger partial charge in [0.05, 0.1) is 0 Å². The van der Waals surface area contributed by atoms with Crippen molar-refractivity contribution in [3.63, 3.8) is 0 Å². The smallest absolute Gasteiger partial charge is 0.226 e. The van der Waals surface area contributed by atoms with Crippen LogP contribution in [0.25, 0.3) is 0 Å². The zero-order valence-electron chi connectivity index (χ0n) is 9.75. The number of piperazine rings is 1. The molecule has 0 unspecified atom stereocenters. The van der Waals surface area contributed by atoms with Gasteiger partial charge in [-0.3, -0.25) is 4.79 Å². The average molecular weight is 233 g/mol. The number of carbonyl (C=O) groups excluding carboxylic acids is 1. The van der Waals surface area contributed by atoms with Gasteiger partial charge in [-0.15, -0.1) is 12.4 Å². The highest BCUT2D eigenvalue weighted by Gasteiger charge is 2.52. The first kappa shape index (κ1) is 12.8. The standard InChI is InChI=1S/C11H20N2O.ClH/c1-8-7-13(5-4-12-8)10(14)9-6-11(9,2)3;/h8-9,12H,4-7H2,1-3H3;1H/t8-,9-;/m1./s1. The van der Waals surface area contributed by atoms with Crippen molar-refractivity contribution < 1.29 is 4.79 Å². The van der Waals surface area contributed by atoms with E-state index in [1.165, 1.54) is 0 Å². The lowest BCUT2D eigenvalue weighted by Gasteiger charge is -2.32. The molecule has 0 aromatic heterocycles. The van der Waals surface area contributed by atoms with Gasteiger partial charge in [0.2, 0.25) is 5.91 Å². The van der Waals surface area contributed by atoms with Gasteiger partial charge >= 0.3 is 0 Å². The fraction of sp³-hybridized carbons (Fsp3) is 0.909. The van der Waals surface area contributed by atoms with Gasteiger partial charge in [0, 0.05) is 31.6 Å². The Hall–Kier alpha value is -0.280. The molecular formula is C11H21ClN2O. The second-order valence-electron chi connectivity index (χ2n) is 5.38. The number of hydrogen-bond acceptors (Lipinski definition) is 2. The quantitative estimate of drug-likeness (QED) is 0.739. The van der Waals surface area contributed by atoms with Gasteiger partial charge in [-0.25, -0.2) is 0 Å². The Labute approximate surface area is 98.0 Å². The van der Waals surface area contributed by atoms with Gasteiger partial charge in [0.15, 0.2) is 0 Å². The molecule has 0 bridgehead atoms. The predicted octanol–water partition coefficient (Wildman–Crippen LogP) is 1.27. The van der Waals surface area contributed by atoms with Gasteiger partial charge < -0.3 is 10.2 Å². The van der Waals surface area contributed by atoms with Gasteiger partial charge in [-0.1, -0.05) is 13.8 Å². The van der Waals surface area contributed by atoms with E-state index in [4.69, 9.17) is 0 Å². The number of nitrogens with zero attached hydrogens (tertiary/aromatic N) is 1. The minimum atomic E-state index is 0. The van der Waals surface area contributed by atoms with Crippen molar-refractivity contribution in [3.05, 3.63) is 0 Å². The highest BCUT2D eigenvalue weighted by Crippen LogP contribution is 2.52. The Balaban J connectivity index is 0.00000112. The minimum Gasteiger partial charge on any atom is -0.340 e. The van der Waals surface area contributed by atoms with Crippen LogP contribution in [0.3, 0.4) is 0 Å². The monoisotopic (exact) mass is 232 g/mol. The third-order valence-corrected chi connectivity index (χ3v) is 3.49. The summed E-state index contributed by atoms with van der Waals surface area (Å²) in [6.45, 7) is 9.21. The number of halogens is 1. The Bertz CT molecular complexity index is 255. The molecule has 0 spiro atoms. The van der Waals surface area contributed by atoms with Crippen LogP contribution >= 0.6 is 12.4 Å². The second-order valence-corrected chi connectivity index (χ2v) is 5.38. The number of rotatable bonds is 1. The molecule has 88 valence electrons. The maximum Gasteiger partial charge on any atom is 0.226 e. The van der Waals surface area contributed by atoms with Crippen LogP contribution in [0, 0.1) is 11.3 Å². The van der Waals surface area contributed by atoms with Gasteiger partial charge in [0.1, 0.15) is 0 Å². The van der Waals surface area contributed by atoms with Gasteiger partial charge in [0.25, 0.3) is 0 Å². The number of nitrogens with one attached hydrogen (secondary N) is 1. The summed E-state index contributed by atoms with van der Waals surface area (Å²) in [5.41, 5.74) is 0.269. The molecule has 2 atom stereocenters. The van der Waals surface area contributed by atoms with E-state index in [9.17, 15) is 4.79 Å². The van der Waals surface area contributed by atoms with Crippen molar-refractivity contribution >= 4 is 18.3 Å². The molecular weight excluding hydrogens is 212 g/mol. The first-order chi connectivity index (χ1) is 6.50. The van der Waals surface area contributed by atoms with Crippen LogP contribution in [0.1, 0.15) is 27.2 Å². The minimum absolute atomic E-state index is 0. The van der Waals surface area contributed by atoms with E-state index in [1.54, 1.807) is 0 Å². The van der Waals surface area contributed by atoms with Crippen LogP contribution < -0.4 is 5.32 Å². The van der Waals surface area contributed by atoms with Crippen LogP contribution in [0.15, 0.2) is 0 Å². The Kier molecular flexibility index (Phi) is 3.67. The molecule has 3 nitrogen and oxygen atoms in total. The van der Waals surface area contributed by atoms with Crippen LogP contribution in [0.5, 0.6) is 0 Å². The lowest BCUT2D eigenvalue weighted by molar-refractivity contribution is -0.134. The molecule has 4 heteroatoms. The van der Waals surface area contributed by atoms with Gasteiger partial charge in [-0.05, 0) is 18.8 Å². The zero-order valence-corrected chi connectivity index (χ0v) is 10.6. The Morgan fingerprint density at radius 2 is 2.07 bits per heavy atom. The summed E-state index contributed by atoms with van der Waals surface area (Å²) in [6, 6.07) is 0.453. The first-order valence-corrected chi connectivity index (χ1v) is 5.53. The van der Waals surface area contributed by atoms with Crippen molar-refractivity contribution in [1.29, 1.82) is 0 Å². The molecule has 2 aliphatic rings. The van der Waals surface area contributed by atoms with Crippen LogP contribution in [-0.2, 0) is 4.79 Å². The summed E-state index contributed by atoms with van der Waals surface area (Å²) < 4.78 is 0. The summed E-state index contributed by atoms with van der Waals surface area (Å²) >= 11 is 0. The van der Waals surface area contributed by atoms with Crippen LogP contribution in [0.4, 0.5) is 0 Å². The average Bonchev–Trinajstić information content (AvgIpc) is 2.74. The third kappa shape index (κ3) is 2.64. The molecule has 0 aromatic carbocycles. The van der Waals surface area contributed by atoms with Crippen LogP contribution in [-0.4, -0.2) is 36.5 Å². The maximum absolute atomic E-state index is 12.0. The molecule has 1 saturated heterocycles. The molecule has 1 saturated carbocycles. The normalized spacial score (nSPS) is 33.1. The molecule has 1 heterocycles. The van der Waals surface area contributed by atoms with Crippen molar-refractivity contribution in [2.45, 2.75) is 33.2 Å². The summed E-state index contributed by atoms with van der Waals surface area (Å²) in [7, 11) is 0. The van der Waals surface area contributed by atoms with Crippen molar-refractivity contribution in [2.24, 2.45) is 11.3 Å². The summed E-state index contributed by atoms with van der Waals surface area (Å²) in [4.78, 5) is 14.0. The molecule has 2 fully saturated rings. The first-order valence-electron chi connectivity index (χ1n) is 5.53. The highest BCUT2D eigenvalue weighted by atomic mass is 35.5. The number of carbonyl (C=O) groups is 1. The fourth-order valence-electron chi connectivity index (χ4n) is 2.24. The molecule has 1 aliphatic heterocycles. The molecule has 1 aliphatic carbocycles. The lowest BCUT2D eigenvalue weighted by atomic mass is 10.1. The molecule has 2 rings (SSSR count). The Morgan fingerprint density at radius 3 is 2.53 bits per heavy atom. The van der Waals surface area contributed by atoms with E-state index < -0.39 is 0 Å². The topological polar surface area (TPSA) is 32.3 Å². The van der Waals surface area contributed by atoms with E-state index >= 15 is 0 Å². The SMILES string of the molecule is C[C@@H]1CN(C(=O)[C@H]2CC2(C)C)CCN1.Cl. The van der Waals surface area contributed by atoms with Crippen molar-refractivity contribution in [2.75, 3.05) is 19.6 Å². The predicted molar refractivity (Wildman–Crippen MR) is 63.2 cm³/mol. The van der Waals surface area contributed by atoms with E-state index in [-0.39, 0.29) is 17.8 Å². The molecule has 1 N–H and O–H groups in total. The van der Waals surface area contributed by atoms with E-state index in [0.29, 0.717) is 17.9 Å². The van der Waals surface area contributed by atoms with Crippen molar-refractivity contribution in [3.8, 4) is 0 Å². The second kappa shape index (κ2) is 4.30. The lowest BCUT2D eigenvalue weighted by Crippen LogP contribution is -2.52. The summed E-state index contributed by atoms with van der Waals surface area (Å²) in [6.07, 6.45) is 1.07. The molecule has 0 radical (unpaired) electrons. The summed E-state index contributed by atoms with van der Waals surface area (Å²) in [5, 5.41) is 3.35. The largest absolute Gasteiger partial charge is 0.340 e. The van der Waals surface area contributed by atoms with E-state index in [1.807, 2.05) is 4.90 Å². The number of hydrogen-bond donors (Lipinski definition) is 1. The zero-order chi connectivity index (χ0) is 10.3. The van der Waals surface area contributed by atoms with Crippen molar-refractivity contribution in [1.82, 2.24) is 10.2 Å². The molecule has 1 amide bonds. The fourth-order valence-corrected chi connectivity index (χ4v) is 2.24. The van der Waals surface area contributed by atoms with E-state index in [2.05, 4.69) is 26.1 Å². The Morgan fingerprint density at radius 1 is 1.47 bits per heavy atom. The maximum atomic E-state index is 12.0. The summed E-state index contributed by atoms with van der Waals surface area (Å²) in [5.74, 6) is 0.677. The third-order valence-electron chi connectivity index (χ3n) is 3.49. The number of amides is 1. The van der Waals surface area contributed by atoms with E-state index in [0.717, 1.165) is 26.1 Å². The van der Waals surface area contributed by atoms with Crippen LogP contribution in [0.2, 0.25) is 0 Å². The molecule has 15 heavy (non-hydrogen) atoms.